The van der Waals surface area contributed by atoms with Gasteiger partial charge in [-0.15, -0.1) is 0 Å². The summed E-state index contributed by atoms with van der Waals surface area (Å²) in [6.07, 6.45) is 2.08. The van der Waals surface area contributed by atoms with E-state index in [4.69, 9.17) is 10.7 Å². The van der Waals surface area contributed by atoms with Crippen molar-refractivity contribution in [1.29, 1.82) is 0 Å². The molecular weight excluding hydrogens is 310 g/mol. The summed E-state index contributed by atoms with van der Waals surface area (Å²) in [5.74, 6) is 0.336. The molecule has 1 aromatic rings. The van der Waals surface area contributed by atoms with Gasteiger partial charge in [-0.05, 0) is 50.3 Å². The van der Waals surface area contributed by atoms with Gasteiger partial charge in [0.15, 0.2) is 0 Å². The number of likely N-dealkylation sites (tertiary alicyclic amines) is 1. The number of halogens is 1. The van der Waals surface area contributed by atoms with E-state index in [1.165, 1.54) is 6.07 Å². The van der Waals surface area contributed by atoms with Crippen LogP contribution in [0.1, 0.15) is 42.6 Å². The predicted octanol–water partition coefficient (Wildman–Crippen LogP) is 3.18. The van der Waals surface area contributed by atoms with Gasteiger partial charge in [-0.25, -0.2) is 8.42 Å². The SMILES string of the molecule is Cc1ccc(C(=O)N2CC(C)CCC2C)cc1S(=O)(=O)Cl. The second-order valence-electron chi connectivity index (χ2n) is 5.91. The van der Waals surface area contributed by atoms with E-state index in [1.54, 1.807) is 19.1 Å². The largest absolute Gasteiger partial charge is 0.336 e. The Morgan fingerprint density at radius 1 is 1.29 bits per heavy atom. The lowest BCUT2D eigenvalue weighted by Gasteiger charge is -2.37. The molecule has 0 aliphatic carbocycles. The number of rotatable bonds is 2. The van der Waals surface area contributed by atoms with Crippen molar-refractivity contribution in [3.8, 4) is 0 Å². The summed E-state index contributed by atoms with van der Waals surface area (Å²) in [5.41, 5.74) is 0.919. The monoisotopic (exact) mass is 329 g/mol. The number of nitrogens with zero attached hydrogens (tertiary/aromatic N) is 1. The van der Waals surface area contributed by atoms with Gasteiger partial charge in [-0.3, -0.25) is 4.79 Å². The first-order chi connectivity index (χ1) is 9.70. The highest BCUT2D eigenvalue weighted by Gasteiger charge is 2.28. The van der Waals surface area contributed by atoms with E-state index in [1.807, 2.05) is 11.8 Å². The van der Waals surface area contributed by atoms with Gasteiger partial charge in [0, 0.05) is 28.8 Å². The fourth-order valence-electron chi connectivity index (χ4n) is 2.73. The molecule has 2 atom stereocenters. The van der Waals surface area contributed by atoms with Crippen molar-refractivity contribution in [1.82, 2.24) is 4.90 Å². The second kappa shape index (κ2) is 5.97. The van der Waals surface area contributed by atoms with Crippen LogP contribution < -0.4 is 0 Å². The normalized spacial score (nSPS) is 23.1. The van der Waals surface area contributed by atoms with E-state index >= 15 is 0 Å². The Morgan fingerprint density at radius 3 is 2.57 bits per heavy atom. The van der Waals surface area contributed by atoms with Gasteiger partial charge in [-0.1, -0.05) is 13.0 Å². The molecule has 0 aromatic heterocycles. The molecule has 21 heavy (non-hydrogen) atoms. The zero-order chi connectivity index (χ0) is 15.8. The molecule has 0 N–H and O–H groups in total. The topological polar surface area (TPSA) is 54.5 Å². The molecule has 1 saturated heterocycles. The molecular formula is C15H20ClNO3S. The van der Waals surface area contributed by atoms with Crippen molar-refractivity contribution in [3.05, 3.63) is 29.3 Å². The average molecular weight is 330 g/mol. The van der Waals surface area contributed by atoms with Gasteiger partial charge in [0.25, 0.3) is 15.0 Å². The second-order valence-corrected chi connectivity index (χ2v) is 8.44. The molecule has 1 fully saturated rings. The molecule has 1 aromatic carbocycles. The Bertz CT molecular complexity index is 657. The third-order valence-corrected chi connectivity index (χ3v) is 5.54. The van der Waals surface area contributed by atoms with E-state index in [9.17, 15) is 13.2 Å². The molecule has 0 spiro atoms. The number of carbonyl (C=O) groups is 1. The van der Waals surface area contributed by atoms with Crippen molar-refractivity contribution >= 4 is 25.6 Å². The minimum absolute atomic E-state index is 0.00716. The molecule has 1 aliphatic rings. The Kier molecular flexibility index (Phi) is 4.63. The Hall–Kier alpha value is -1.07. The molecule has 2 unspecified atom stereocenters. The molecule has 1 amide bonds. The fourth-order valence-corrected chi connectivity index (χ4v) is 3.95. The number of amides is 1. The van der Waals surface area contributed by atoms with E-state index < -0.39 is 9.05 Å². The van der Waals surface area contributed by atoms with Gasteiger partial charge < -0.3 is 4.90 Å². The lowest BCUT2D eigenvalue weighted by Crippen LogP contribution is -2.44. The number of benzene rings is 1. The molecule has 0 saturated carbocycles. The van der Waals surface area contributed by atoms with Gasteiger partial charge >= 0.3 is 0 Å². The number of carbonyl (C=O) groups excluding carboxylic acids is 1. The Balaban J connectivity index is 2.36. The summed E-state index contributed by atoms with van der Waals surface area (Å²) in [7, 11) is 1.58. The summed E-state index contributed by atoms with van der Waals surface area (Å²) in [6.45, 7) is 6.51. The van der Waals surface area contributed by atoms with Crippen LogP contribution in [0.4, 0.5) is 0 Å². The van der Waals surface area contributed by atoms with Crippen LogP contribution in [0.2, 0.25) is 0 Å². The van der Waals surface area contributed by atoms with Gasteiger partial charge in [-0.2, -0.15) is 0 Å². The van der Waals surface area contributed by atoms with Crippen LogP contribution in [0.3, 0.4) is 0 Å². The summed E-state index contributed by atoms with van der Waals surface area (Å²) >= 11 is 0. The molecule has 4 nitrogen and oxygen atoms in total. The first-order valence-electron chi connectivity index (χ1n) is 7.06. The van der Waals surface area contributed by atoms with Gasteiger partial charge in [0.2, 0.25) is 0 Å². The Labute approximate surface area is 130 Å². The lowest BCUT2D eigenvalue weighted by atomic mass is 9.94. The smallest absolute Gasteiger partial charge is 0.261 e. The van der Waals surface area contributed by atoms with Crippen LogP contribution in [-0.2, 0) is 9.05 Å². The van der Waals surface area contributed by atoms with Crippen LogP contribution in [0.25, 0.3) is 0 Å². The van der Waals surface area contributed by atoms with Crippen LogP contribution in [0, 0.1) is 12.8 Å². The van der Waals surface area contributed by atoms with E-state index in [-0.39, 0.29) is 16.8 Å². The standard InChI is InChI=1S/C15H20ClNO3S/c1-10-4-6-12(3)17(9-10)15(18)13-7-5-11(2)14(8-13)21(16,19)20/h5,7-8,10,12H,4,6,9H2,1-3H3. The zero-order valence-corrected chi connectivity index (χ0v) is 14.0. The van der Waals surface area contributed by atoms with Crippen LogP contribution in [-0.4, -0.2) is 31.8 Å². The van der Waals surface area contributed by atoms with Gasteiger partial charge in [0.1, 0.15) is 0 Å². The first kappa shape index (κ1) is 16.3. The highest BCUT2D eigenvalue weighted by molar-refractivity contribution is 8.13. The molecule has 116 valence electrons. The number of aryl methyl sites for hydroxylation is 1. The molecule has 2 rings (SSSR count). The van der Waals surface area contributed by atoms with Gasteiger partial charge in [0.05, 0.1) is 4.90 Å². The summed E-state index contributed by atoms with van der Waals surface area (Å²) in [4.78, 5) is 14.5. The summed E-state index contributed by atoms with van der Waals surface area (Å²) < 4.78 is 23.1. The minimum Gasteiger partial charge on any atom is -0.336 e. The lowest BCUT2D eigenvalue weighted by molar-refractivity contribution is 0.0574. The Morgan fingerprint density at radius 2 is 1.95 bits per heavy atom. The van der Waals surface area contributed by atoms with Crippen LogP contribution in [0.5, 0.6) is 0 Å². The zero-order valence-electron chi connectivity index (χ0n) is 12.5. The number of hydrogen-bond donors (Lipinski definition) is 0. The van der Waals surface area contributed by atoms with Crippen molar-refractivity contribution in [2.45, 2.75) is 44.6 Å². The highest BCUT2D eigenvalue weighted by Crippen LogP contribution is 2.26. The molecule has 0 radical (unpaired) electrons. The van der Waals surface area contributed by atoms with E-state index in [0.717, 1.165) is 12.8 Å². The quantitative estimate of drug-likeness (QED) is 0.783. The average Bonchev–Trinajstić information content (AvgIpc) is 2.40. The van der Waals surface area contributed by atoms with Crippen LogP contribution >= 0.6 is 10.7 Å². The predicted molar refractivity (Wildman–Crippen MR) is 83.1 cm³/mol. The molecule has 0 bridgehead atoms. The number of piperidine rings is 1. The minimum atomic E-state index is -3.84. The summed E-state index contributed by atoms with van der Waals surface area (Å²) in [6, 6.07) is 4.84. The first-order valence-corrected chi connectivity index (χ1v) is 9.37. The third kappa shape index (κ3) is 3.58. The molecule has 1 heterocycles. The summed E-state index contributed by atoms with van der Waals surface area (Å²) in [5, 5.41) is 0. The van der Waals surface area contributed by atoms with E-state index in [2.05, 4.69) is 6.92 Å². The van der Waals surface area contributed by atoms with Crippen molar-refractivity contribution in [3.63, 3.8) is 0 Å². The molecule has 6 heteroatoms. The van der Waals surface area contributed by atoms with Crippen molar-refractivity contribution < 1.29 is 13.2 Å². The maximum absolute atomic E-state index is 12.6. The third-order valence-electron chi connectivity index (χ3n) is 4.08. The van der Waals surface area contributed by atoms with Crippen molar-refractivity contribution in [2.24, 2.45) is 5.92 Å². The fraction of sp³-hybridized carbons (Fsp3) is 0.533. The van der Waals surface area contributed by atoms with E-state index in [0.29, 0.717) is 23.6 Å². The van der Waals surface area contributed by atoms with Crippen molar-refractivity contribution in [2.75, 3.05) is 6.54 Å². The number of hydrogen-bond acceptors (Lipinski definition) is 3. The molecule has 1 aliphatic heterocycles. The highest BCUT2D eigenvalue weighted by atomic mass is 35.7. The van der Waals surface area contributed by atoms with Crippen LogP contribution in [0.15, 0.2) is 23.1 Å². The maximum Gasteiger partial charge on any atom is 0.261 e. The maximum atomic E-state index is 12.6.